The first-order valence-corrected chi connectivity index (χ1v) is 18.1. The van der Waals surface area contributed by atoms with E-state index in [0.717, 1.165) is 35.9 Å². The lowest BCUT2D eigenvalue weighted by molar-refractivity contribution is 0.215. The highest BCUT2D eigenvalue weighted by atomic mass is 15.2. The standard InChI is InChI=1S/C15H26N2.C14H25N3.C4H8.C3H8.C2H5N.C2H6/c1-5-12(3)17(13(4)16)15(6-2)14-10-8-7-9-11-14;1-10(16-2)14(15)12(9-11-6-7-11)13-5-4-8-17(13)3;1-3-4-2;1-3-2;1-2-3;1-2/h6,14-15H,2-5,7-11,16H2,1H3;11-13,15-16H,1,4-9H2,2-3H3;3H,1,4H2,2H3;3H2,1-2H3;2H,1,3H2;1-2H3. The summed E-state index contributed by atoms with van der Waals surface area (Å²) in [5.41, 5.74) is 13.1. The summed E-state index contributed by atoms with van der Waals surface area (Å²) in [4.78, 5) is 4.51. The van der Waals surface area contributed by atoms with Crippen LogP contribution >= 0.6 is 0 Å². The molecule has 0 bridgehead atoms. The van der Waals surface area contributed by atoms with E-state index in [0.29, 0.717) is 23.7 Å². The first kappa shape index (κ1) is 47.7. The largest absolute Gasteiger partial charge is 0.405 e. The molecular formula is C40H78N6. The van der Waals surface area contributed by atoms with Crippen LogP contribution in [0.5, 0.6) is 0 Å². The van der Waals surface area contributed by atoms with Crippen LogP contribution in [0.25, 0.3) is 0 Å². The number of hydrogen-bond donors (Lipinski definition) is 4. The monoisotopic (exact) mass is 643 g/mol. The third kappa shape index (κ3) is 20.4. The normalized spacial score (nSPS) is 18.0. The second-order valence-corrected chi connectivity index (χ2v) is 12.2. The lowest BCUT2D eigenvalue weighted by Gasteiger charge is -2.39. The highest BCUT2D eigenvalue weighted by molar-refractivity contribution is 5.98. The van der Waals surface area contributed by atoms with Crippen LogP contribution in [-0.4, -0.2) is 48.2 Å². The Kier molecular flexibility index (Phi) is 32.0. The molecule has 3 unspecified atom stereocenters. The quantitative estimate of drug-likeness (QED) is 0.118. The molecule has 0 aromatic heterocycles. The SMILES string of the molecule is C=C(NC)C(=N)C(CC1CC1)C1CCCN1C.C=CC(C1CCCCC1)N(C(=C)N)C(=C)CC.C=CCC.C=CN.CC.CCC. The van der Waals surface area contributed by atoms with Crippen molar-refractivity contribution in [2.24, 2.45) is 29.2 Å². The molecule has 46 heavy (non-hydrogen) atoms. The van der Waals surface area contributed by atoms with Gasteiger partial charge in [0.05, 0.1) is 17.6 Å². The van der Waals surface area contributed by atoms with Crippen LogP contribution in [0.3, 0.4) is 0 Å². The molecule has 0 amide bonds. The summed E-state index contributed by atoms with van der Waals surface area (Å²) in [7, 11) is 4.07. The van der Waals surface area contributed by atoms with Gasteiger partial charge in [-0.05, 0) is 76.6 Å². The van der Waals surface area contributed by atoms with Crippen LogP contribution < -0.4 is 16.8 Å². The van der Waals surface area contributed by atoms with Crippen LogP contribution in [-0.2, 0) is 0 Å². The van der Waals surface area contributed by atoms with Gasteiger partial charge in [0.1, 0.15) is 0 Å². The Balaban J connectivity index is -0.000000599. The molecule has 6 heteroatoms. The molecule has 1 aliphatic heterocycles. The molecule has 3 rings (SSSR count). The third-order valence-electron chi connectivity index (χ3n) is 8.34. The van der Waals surface area contributed by atoms with E-state index in [9.17, 15) is 0 Å². The molecule has 6 nitrogen and oxygen atoms in total. The number of rotatable bonds is 13. The molecule has 3 atom stereocenters. The summed E-state index contributed by atoms with van der Waals surface area (Å²) in [6.45, 7) is 36.1. The van der Waals surface area contributed by atoms with Gasteiger partial charge in [-0.25, -0.2) is 0 Å². The minimum absolute atomic E-state index is 0.264. The van der Waals surface area contributed by atoms with Gasteiger partial charge in [-0.3, -0.25) is 0 Å². The van der Waals surface area contributed by atoms with Gasteiger partial charge in [-0.1, -0.05) is 119 Å². The smallest absolute Gasteiger partial charge is 0.0960 e. The van der Waals surface area contributed by atoms with E-state index in [4.69, 9.17) is 11.1 Å². The number of likely N-dealkylation sites (tertiary alicyclic amines) is 1. The molecule has 0 radical (unpaired) electrons. The van der Waals surface area contributed by atoms with E-state index in [1.807, 2.05) is 33.0 Å². The summed E-state index contributed by atoms with van der Waals surface area (Å²) in [6.07, 6.45) is 21.3. The summed E-state index contributed by atoms with van der Waals surface area (Å²) in [6, 6.07) is 0.827. The van der Waals surface area contributed by atoms with Crippen molar-refractivity contribution in [3.05, 3.63) is 75.0 Å². The maximum Gasteiger partial charge on any atom is 0.0960 e. The van der Waals surface area contributed by atoms with E-state index < -0.39 is 0 Å². The van der Waals surface area contributed by atoms with Gasteiger partial charge in [0.25, 0.3) is 0 Å². The van der Waals surface area contributed by atoms with Crippen molar-refractivity contribution >= 4 is 5.71 Å². The zero-order valence-electron chi connectivity index (χ0n) is 31.8. The Morgan fingerprint density at radius 2 is 1.46 bits per heavy atom. The molecule has 0 aromatic rings. The zero-order chi connectivity index (χ0) is 36.1. The van der Waals surface area contributed by atoms with Gasteiger partial charge >= 0.3 is 0 Å². The van der Waals surface area contributed by atoms with E-state index >= 15 is 0 Å². The van der Waals surface area contributed by atoms with Crippen LogP contribution in [0, 0.1) is 23.2 Å². The second-order valence-electron chi connectivity index (χ2n) is 12.2. The Labute approximate surface area is 287 Å². The van der Waals surface area contributed by atoms with E-state index in [2.05, 4.69) is 95.1 Å². The van der Waals surface area contributed by atoms with Crippen molar-refractivity contribution in [3.63, 3.8) is 0 Å². The Hall–Kier alpha value is -2.73. The average Bonchev–Trinajstić information content (AvgIpc) is 3.80. The first-order valence-electron chi connectivity index (χ1n) is 18.1. The van der Waals surface area contributed by atoms with Gasteiger partial charge in [-0.2, -0.15) is 0 Å². The molecule has 3 aliphatic rings. The van der Waals surface area contributed by atoms with Crippen molar-refractivity contribution in [2.75, 3.05) is 20.6 Å². The topological polar surface area (TPSA) is 94.4 Å². The van der Waals surface area contributed by atoms with Crippen LogP contribution in [0.2, 0.25) is 0 Å². The third-order valence-corrected chi connectivity index (χ3v) is 8.34. The van der Waals surface area contributed by atoms with Crippen LogP contribution in [0.15, 0.2) is 75.0 Å². The zero-order valence-corrected chi connectivity index (χ0v) is 31.8. The fraction of sp³-hybridized carbons (Fsp3) is 0.675. The molecule has 268 valence electrons. The lowest BCUT2D eigenvalue weighted by Crippen LogP contribution is -2.40. The Morgan fingerprint density at radius 3 is 1.78 bits per heavy atom. The predicted molar refractivity (Wildman–Crippen MR) is 210 cm³/mol. The maximum absolute atomic E-state index is 8.34. The lowest BCUT2D eigenvalue weighted by atomic mass is 9.83. The molecule has 0 aromatic carbocycles. The van der Waals surface area contributed by atoms with Gasteiger partial charge in [0, 0.05) is 30.4 Å². The van der Waals surface area contributed by atoms with E-state index in [1.54, 1.807) is 0 Å². The Bertz CT molecular complexity index is 837. The van der Waals surface area contributed by atoms with Gasteiger partial charge in [-0.15, -0.1) is 13.2 Å². The molecule has 1 heterocycles. The van der Waals surface area contributed by atoms with E-state index in [-0.39, 0.29) is 6.04 Å². The number of hydrogen-bond acceptors (Lipinski definition) is 6. The number of nitrogens with two attached hydrogens (primary N) is 2. The van der Waals surface area contributed by atoms with Crippen molar-refractivity contribution in [3.8, 4) is 0 Å². The molecule has 6 N–H and O–H groups in total. The molecule has 1 saturated heterocycles. The van der Waals surface area contributed by atoms with E-state index in [1.165, 1.54) is 83.4 Å². The maximum atomic E-state index is 8.34. The highest BCUT2D eigenvalue weighted by Gasteiger charge is 2.36. The molecular weight excluding hydrogens is 564 g/mol. The molecule has 2 saturated carbocycles. The summed E-state index contributed by atoms with van der Waals surface area (Å²) in [5.74, 6) is 2.49. The summed E-state index contributed by atoms with van der Waals surface area (Å²) in [5, 5.41) is 11.4. The second kappa shape index (κ2) is 30.9. The van der Waals surface area contributed by atoms with Crippen LogP contribution in [0.1, 0.15) is 125 Å². The fourth-order valence-electron chi connectivity index (χ4n) is 5.74. The molecule has 2 aliphatic carbocycles. The van der Waals surface area contributed by atoms with Gasteiger partial charge in [0.15, 0.2) is 0 Å². The average molecular weight is 643 g/mol. The van der Waals surface area contributed by atoms with Crippen LogP contribution in [0.4, 0.5) is 0 Å². The molecule has 0 spiro atoms. The minimum atomic E-state index is 0.264. The predicted octanol–water partition coefficient (Wildman–Crippen LogP) is 10.1. The number of nitrogens with one attached hydrogen (secondary N) is 2. The molecule has 3 fully saturated rings. The minimum Gasteiger partial charge on any atom is -0.405 e. The van der Waals surface area contributed by atoms with Gasteiger partial charge < -0.3 is 32.0 Å². The number of nitrogens with zero attached hydrogens (tertiary/aromatic N) is 2. The summed E-state index contributed by atoms with van der Waals surface area (Å²) >= 11 is 0. The van der Waals surface area contributed by atoms with Crippen molar-refractivity contribution in [2.45, 2.75) is 137 Å². The van der Waals surface area contributed by atoms with Crippen molar-refractivity contribution in [1.82, 2.24) is 15.1 Å². The number of allylic oxidation sites excluding steroid dienone is 3. The summed E-state index contributed by atoms with van der Waals surface area (Å²) < 4.78 is 0. The highest BCUT2D eigenvalue weighted by Crippen LogP contribution is 2.39. The Morgan fingerprint density at radius 1 is 0.957 bits per heavy atom. The van der Waals surface area contributed by atoms with Crippen molar-refractivity contribution < 1.29 is 0 Å². The van der Waals surface area contributed by atoms with Crippen molar-refractivity contribution in [1.29, 1.82) is 5.41 Å². The first-order chi connectivity index (χ1) is 22.0. The fourth-order valence-corrected chi connectivity index (χ4v) is 5.74. The van der Waals surface area contributed by atoms with Gasteiger partial charge in [0.2, 0.25) is 0 Å².